The van der Waals surface area contributed by atoms with Crippen LogP contribution in [-0.4, -0.2) is 18.5 Å². The first-order chi connectivity index (χ1) is 14.1. The van der Waals surface area contributed by atoms with Gasteiger partial charge in [0.25, 0.3) is 5.91 Å². The normalized spacial score (nSPS) is 11.5. The molecule has 0 fully saturated rings. The standard InChI is InChI=1S/C24H23NO4/c1-2-29-21-14-12-19(13-15-21)22(16-23(26)27)25-24(28)20-10-8-18(9-11-20)17-6-4-3-5-7-17/h3-15,22H,2,16H2,1H3,(H,25,28)(H,26,27)/p-1/t22-/m1/s1. The van der Waals surface area contributed by atoms with E-state index in [2.05, 4.69) is 5.32 Å². The van der Waals surface area contributed by atoms with Crippen molar-refractivity contribution in [1.29, 1.82) is 0 Å². The predicted octanol–water partition coefficient (Wildman–Crippen LogP) is 3.36. The fourth-order valence-electron chi connectivity index (χ4n) is 3.07. The Morgan fingerprint density at radius 3 is 2.10 bits per heavy atom. The van der Waals surface area contributed by atoms with E-state index in [4.69, 9.17) is 4.74 Å². The van der Waals surface area contributed by atoms with Crippen molar-refractivity contribution in [3.05, 3.63) is 90.0 Å². The molecule has 0 aliphatic heterocycles. The summed E-state index contributed by atoms with van der Waals surface area (Å²) in [5.41, 5.74) is 3.19. The van der Waals surface area contributed by atoms with Crippen LogP contribution >= 0.6 is 0 Å². The van der Waals surface area contributed by atoms with E-state index >= 15 is 0 Å². The second-order valence-corrected chi connectivity index (χ2v) is 6.55. The van der Waals surface area contributed by atoms with Crippen molar-refractivity contribution in [2.45, 2.75) is 19.4 Å². The number of carbonyl (C=O) groups excluding carboxylic acids is 2. The molecule has 0 unspecified atom stereocenters. The van der Waals surface area contributed by atoms with Crippen molar-refractivity contribution >= 4 is 11.9 Å². The van der Waals surface area contributed by atoms with Crippen LogP contribution < -0.4 is 15.2 Å². The van der Waals surface area contributed by atoms with Gasteiger partial charge >= 0.3 is 0 Å². The molecule has 0 aromatic heterocycles. The van der Waals surface area contributed by atoms with E-state index in [1.165, 1.54) is 0 Å². The van der Waals surface area contributed by atoms with Crippen molar-refractivity contribution in [3.8, 4) is 16.9 Å². The Morgan fingerprint density at radius 1 is 0.897 bits per heavy atom. The average Bonchev–Trinajstić information content (AvgIpc) is 2.74. The first-order valence-electron chi connectivity index (χ1n) is 9.45. The fraction of sp³-hybridized carbons (Fsp3) is 0.167. The van der Waals surface area contributed by atoms with Crippen LogP contribution in [0, 0.1) is 0 Å². The van der Waals surface area contributed by atoms with Crippen molar-refractivity contribution in [2.24, 2.45) is 0 Å². The molecule has 1 N–H and O–H groups in total. The number of carboxylic acid groups (broad SMARTS) is 1. The molecular weight excluding hydrogens is 366 g/mol. The first-order valence-corrected chi connectivity index (χ1v) is 9.45. The predicted molar refractivity (Wildman–Crippen MR) is 109 cm³/mol. The highest BCUT2D eigenvalue weighted by Gasteiger charge is 2.16. The number of benzene rings is 3. The third-order valence-electron chi connectivity index (χ3n) is 4.52. The van der Waals surface area contributed by atoms with Gasteiger partial charge in [-0.25, -0.2) is 0 Å². The number of ether oxygens (including phenoxy) is 1. The Bertz CT molecular complexity index is 950. The van der Waals surface area contributed by atoms with Crippen LogP contribution in [0.1, 0.15) is 35.3 Å². The molecule has 0 bridgehead atoms. The largest absolute Gasteiger partial charge is 0.550 e. The molecular formula is C24H22NO4-. The topological polar surface area (TPSA) is 78.5 Å². The monoisotopic (exact) mass is 388 g/mol. The third-order valence-corrected chi connectivity index (χ3v) is 4.52. The fourth-order valence-corrected chi connectivity index (χ4v) is 3.07. The van der Waals surface area contributed by atoms with Crippen molar-refractivity contribution in [3.63, 3.8) is 0 Å². The van der Waals surface area contributed by atoms with Gasteiger partial charge in [-0.1, -0.05) is 54.6 Å². The zero-order valence-corrected chi connectivity index (χ0v) is 16.1. The summed E-state index contributed by atoms with van der Waals surface area (Å²) in [6, 6.07) is 23.4. The van der Waals surface area contributed by atoms with Crippen LogP contribution in [0.3, 0.4) is 0 Å². The van der Waals surface area contributed by atoms with Gasteiger partial charge in [-0.15, -0.1) is 0 Å². The molecule has 3 aromatic rings. The Morgan fingerprint density at radius 2 is 1.52 bits per heavy atom. The summed E-state index contributed by atoms with van der Waals surface area (Å²) in [7, 11) is 0. The number of amides is 1. The van der Waals surface area contributed by atoms with Gasteiger partial charge in [-0.3, -0.25) is 4.79 Å². The van der Waals surface area contributed by atoms with Gasteiger partial charge in [-0.05, 0) is 47.9 Å². The SMILES string of the molecule is CCOc1ccc([C@@H](CC(=O)[O-])NC(=O)c2ccc(-c3ccccc3)cc2)cc1. The minimum atomic E-state index is -1.23. The second kappa shape index (κ2) is 9.55. The van der Waals surface area contributed by atoms with Crippen LogP contribution in [-0.2, 0) is 4.79 Å². The molecule has 5 nitrogen and oxygen atoms in total. The summed E-state index contributed by atoms with van der Waals surface area (Å²) < 4.78 is 5.40. The van der Waals surface area contributed by atoms with Gasteiger partial charge in [0, 0.05) is 18.0 Å². The van der Waals surface area contributed by atoms with Crippen molar-refractivity contribution in [1.82, 2.24) is 5.32 Å². The molecule has 3 rings (SSSR count). The number of carboxylic acids is 1. The smallest absolute Gasteiger partial charge is 0.251 e. The Balaban J connectivity index is 1.75. The van der Waals surface area contributed by atoms with E-state index in [0.717, 1.165) is 11.1 Å². The first kappa shape index (κ1) is 20.1. The van der Waals surface area contributed by atoms with Crippen LogP contribution in [0.4, 0.5) is 0 Å². The molecule has 3 aromatic carbocycles. The molecule has 0 aliphatic rings. The molecule has 0 saturated heterocycles. The lowest BCUT2D eigenvalue weighted by atomic mass is 10.0. The molecule has 148 valence electrons. The van der Waals surface area contributed by atoms with Gasteiger partial charge in [-0.2, -0.15) is 0 Å². The van der Waals surface area contributed by atoms with Gasteiger partial charge in [0.15, 0.2) is 0 Å². The van der Waals surface area contributed by atoms with Crippen LogP contribution in [0.5, 0.6) is 5.75 Å². The number of aliphatic carboxylic acids is 1. The summed E-state index contributed by atoms with van der Waals surface area (Å²) >= 11 is 0. The Kier molecular flexibility index (Phi) is 6.63. The molecule has 0 saturated carbocycles. The highest BCUT2D eigenvalue weighted by molar-refractivity contribution is 5.95. The number of carbonyl (C=O) groups is 2. The molecule has 29 heavy (non-hydrogen) atoms. The molecule has 1 amide bonds. The quantitative estimate of drug-likeness (QED) is 0.642. The maximum absolute atomic E-state index is 12.7. The van der Waals surface area contributed by atoms with E-state index in [1.807, 2.05) is 49.4 Å². The number of nitrogens with one attached hydrogen (secondary N) is 1. The molecule has 0 aliphatic carbocycles. The van der Waals surface area contributed by atoms with E-state index < -0.39 is 12.0 Å². The van der Waals surface area contributed by atoms with Crippen LogP contribution in [0.25, 0.3) is 11.1 Å². The highest BCUT2D eigenvalue weighted by Crippen LogP contribution is 2.22. The minimum absolute atomic E-state index is 0.318. The van der Waals surface area contributed by atoms with Crippen molar-refractivity contribution < 1.29 is 19.4 Å². The lowest BCUT2D eigenvalue weighted by molar-refractivity contribution is -0.306. The zero-order chi connectivity index (χ0) is 20.6. The molecule has 0 radical (unpaired) electrons. The zero-order valence-electron chi connectivity index (χ0n) is 16.1. The summed E-state index contributed by atoms with van der Waals surface area (Å²) in [5, 5.41) is 14.0. The maximum Gasteiger partial charge on any atom is 0.251 e. The van der Waals surface area contributed by atoms with Crippen molar-refractivity contribution in [2.75, 3.05) is 6.61 Å². The summed E-state index contributed by atoms with van der Waals surface area (Å²) in [6.07, 6.45) is -0.318. The minimum Gasteiger partial charge on any atom is -0.550 e. The Labute approximate surface area is 170 Å². The van der Waals surface area contributed by atoms with Gasteiger partial charge in [0.2, 0.25) is 0 Å². The van der Waals surface area contributed by atoms with Crippen LogP contribution in [0.2, 0.25) is 0 Å². The summed E-state index contributed by atoms with van der Waals surface area (Å²) in [5.74, 6) is -0.889. The number of hydrogen-bond acceptors (Lipinski definition) is 4. The van der Waals surface area contributed by atoms with Gasteiger partial charge in [0.1, 0.15) is 5.75 Å². The van der Waals surface area contributed by atoms with E-state index in [0.29, 0.717) is 23.5 Å². The molecule has 5 heteroatoms. The van der Waals surface area contributed by atoms with E-state index in [9.17, 15) is 14.7 Å². The molecule has 0 spiro atoms. The lowest BCUT2D eigenvalue weighted by Crippen LogP contribution is -2.34. The number of rotatable bonds is 8. The van der Waals surface area contributed by atoms with Gasteiger partial charge < -0.3 is 20.0 Å². The summed E-state index contributed by atoms with van der Waals surface area (Å²) in [6.45, 7) is 2.42. The van der Waals surface area contributed by atoms with E-state index in [1.54, 1.807) is 36.4 Å². The Hall–Kier alpha value is -3.60. The highest BCUT2D eigenvalue weighted by atomic mass is 16.5. The summed E-state index contributed by atoms with van der Waals surface area (Å²) in [4.78, 5) is 23.9. The molecule has 1 atom stereocenters. The second-order valence-electron chi connectivity index (χ2n) is 6.55. The lowest BCUT2D eigenvalue weighted by Gasteiger charge is -2.20. The molecule has 0 heterocycles. The third kappa shape index (κ3) is 5.45. The average molecular weight is 388 g/mol. The number of hydrogen-bond donors (Lipinski definition) is 1. The van der Waals surface area contributed by atoms with Crippen LogP contribution in [0.15, 0.2) is 78.9 Å². The van der Waals surface area contributed by atoms with E-state index in [-0.39, 0.29) is 12.3 Å². The maximum atomic E-state index is 12.7. The van der Waals surface area contributed by atoms with Gasteiger partial charge in [0.05, 0.1) is 12.6 Å².